The van der Waals surface area contributed by atoms with Crippen molar-refractivity contribution in [2.75, 3.05) is 12.4 Å². The van der Waals surface area contributed by atoms with Gasteiger partial charge in [-0.3, -0.25) is 14.9 Å². The van der Waals surface area contributed by atoms with E-state index in [-0.39, 0.29) is 5.69 Å². The number of benzene rings is 2. The molecule has 118 valence electrons. The Balaban J connectivity index is 2.17. The molecule has 2 aromatic rings. The first-order valence-corrected chi connectivity index (χ1v) is 6.88. The van der Waals surface area contributed by atoms with Gasteiger partial charge in [0.1, 0.15) is 5.75 Å². The van der Waals surface area contributed by atoms with Gasteiger partial charge in [-0.25, -0.2) is 0 Å². The van der Waals surface area contributed by atoms with Gasteiger partial charge in [0.15, 0.2) is 0 Å². The predicted molar refractivity (Wildman–Crippen MR) is 88.5 cm³/mol. The lowest BCUT2D eigenvalue weighted by atomic mass is 10.1. The van der Waals surface area contributed by atoms with Crippen molar-refractivity contribution in [3.63, 3.8) is 0 Å². The van der Waals surface area contributed by atoms with Crippen LogP contribution < -0.4 is 10.1 Å². The van der Waals surface area contributed by atoms with Gasteiger partial charge in [-0.2, -0.15) is 0 Å². The van der Waals surface area contributed by atoms with Crippen molar-refractivity contribution >= 4 is 23.4 Å². The number of hydrogen-bond acceptors (Lipinski definition) is 4. The Morgan fingerprint density at radius 1 is 1.26 bits per heavy atom. The van der Waals surface area contributed by atoms with Gasteiger partial charge in [0.2, 0.25) is 5.91 Å². The summed E-state index contributed by atoms with van der Waals surface area (Å²) in [7, 11) is 1.52. The van der Waals surface area contributed by atoms with Crippen LogP contribution in [-0.4, -0.2) is 17.9 Å². The first kappa shape index (κ1) is 16.2. The number of anilines is 1. The number of nitrogens with zero attached hydrogens (tertiary/aromatic N) is 1. The first-order chi connectivity index (χ1) is 11.0. The Hall–Kier alpha value is -3.15. The van der Waals surface area contributed by atoms with Crippen molar-refractivity contribution in [3.8, 4) is 5.75 Å². The number of nitro benzene ring substituents is 1. The maximum absolute atomic E-state index is 12.0. The number of ether oxygens (including phenoxy) is 1. The van der Waals surface area contributed by atoms with Crippen molar-refractivity contribution in [3.05, 3.63) is 69.8 Å². The van der Waals surface area contributed by atoms with Crippen LogP contribution in [0.25, 0.3) is 6.08 Å². The van der Waals surface area contributed by atoms with Crippen molar-refractivity contribution in [2.24, 2.45) is 0 Å². The summed E-state index contributed by atoms with van der Waals surface area (Å²) in [6.07, 6.45) is 2.67. The SMILES string of the molecule is COc1ccc(C)cc1NC(=O)/C=C/c1ccccc1[N+](=O)[O-]. The van der Waals surface area contributed by atoms with Gasteiger partial charge < -0.3 is 10.1 Å². The summed E-state index contributed by atoms with van der Waals surface area (Å²) in [6.45, 7) is 1.90. The molecule has 1 N–H and O–H groups in total. The maximum atomic E-state index is 12.0. The van der Waals surface area contributed by atoms with Crippen molar-refractivity contribution < 1.29 is 14.5 Å². The highest BCUT2D eigenvalue weighted by atomic mass is 16.6. The van der Waals surface area contributed by atoms with Crippen LogP contribution in [-0.2, 0) is 4.79 Å². The Kier molecular flexibility index (Phi) is 5.09. The third-order valence-electron chi connectivity index (χ3n) is 3.16. The highest BCUT2D eigenvalue weighted by Gasteiger charge is 2.10. The largest absolute Gasteiger partial charge is 0.495 e. The van der Waals surface area contributed by atoms with Crippen LogP contribution in [0.15, 0.2) is 48.5 Å². The number of amides is 1. The lowest BCUT2D eigenvalue weighted by Crippen LogP contribution is -2.09. The Labute approximate surface area is 133 Å². The smallest absolute Gasteiger partial charge is 0.276 e. The van der Waals surface area contributed by atoms with Crippen LogP contribution in [0.4, 0.5) is 11.4 Å². The molecule has 1 amide bonds. The summed E-state index contributed by atoms with van der Waals surface area (Å²) in [5.74, 6) is 0.148. The number of carbonyl (C=O) groups is 1. The molecule has 0 radical (unpaired) electrons. The van der Waals surface area contributed by atoms with Crippen LogP contribution in [0.1, 0.15) is 11.1 Å². The minimum atomic E-state index is -0.485. The van der Waals surface area contributed by atoms with Crippen LogP contribution in [0, 0.1) is 17.0 Å². The number of carbonyl (C=O) groups excluding carboxylic acids is 1. The minimum Gasteiger partial charge on any atom is -0.495 e. The van der Waals surface area contributed by atoms with Crippen LogP contribution in [0.3, 0.4) is 0 Å². The lowest BCUT2D eigenvalue weighted by molar-refractivity contribution is -0.385. The van der Waals surface area contributed by atoms with Gasteiger partial charge in [0.25, 0.3) is 5.69 Å². The van der Waals surface area contributed by atoms with Crippen LogP contribution in [0.5, 0.6) is 5.75 Å². The van der Waals surface area contributed by atoms with E-state index in [1.165, 1.54) is 25.3 Å². The molecule has 6 heteroatoms. The summed E-state index contributed by atoms with van der Waals surface area (Å²) in [6, 6.07) is 11.6. The number of para-hydroxylation sites is 1. The predicted octanol–water partition coefficient (Wildman–Crippen LogP) is 3.56. The second-order valence-corrected chi connectivity index (χ2v) is 4.84. The topological polar surface area (TPSA) is 81.5 Å². The fourth-order valence-corrected chi connectivity index (χ4v) is 2.05. The Morgan fingerprint density at radius 2 is 2.00 bits per heavy atom. The molecule has 0 atom stereocenters. The zero-order valence-electron chi connectivity index (χ0n) is 12.8. The fourth-order valence-electron chi connectivity index (χ4n) is 2.05. The third-order valence-corrected chi connectivity index (χ3v) is 3.16. The van der Waals surface area contributed by atoms with E-state index in [1.54, 1.807) is 30.3 Å². The van der Waals surface area contributed by atoms with Gasteiger partial charge in [0.05, 0.1) is 23.3 Å². The molecule has 0 heterocycles. The van der Waals surface area contributed by atoms with Crippen molar-refractivity contribution in [1.29, 1.82) is 0 Å². The number of nitrogens with one attached hydrogen (secondary N) is 1. The molecule has 2 rings (SSSR count). The van der Waals surface area contributed by atoms with Crippen molar-refractivity contribution in [2.45, 2.75) is 6.92 Å². The van der Waals surface area contributed by atoms with E-state index in [0.717, 1.165) is 5.56 Å². The lowest BCUT2D eigenvalue weighted by Gasteiger charge is -2.09. The molecule has 6 nitrogen and oxygen atoms in total. The molecule has 0 fully saturated rings. The van der Waals surface area contributed by atoms with Gasteiger partial charge in [-0.15, -0.1) is 0 Å². The van der Waals surface area contributed by atoms with Gasteiger partial charge in [0, 0.05) is 12.1 Å². The van der Waals surface area contributed by atoms with E-state index >= 15 is 0 Å². The average molecular weight is 312 g/mol. The zero-order valence-corrected chi connectivity index (χ0v) is 12.8. The highest BCUT2D eigenvalue weighted by Crippen LogP contribution is 2.25. The molecule has 0 bridgehead atoms. The van der Waals surface area contributed by atoms with Crippen molar-refractivity contribution in [1.82, 2.24) is 0 Å². The molecule has 0 aromatic heterocycles. The number of hydrogen-bond donors (Lipinski definition) is 1. The second kappa shape index (κ2) is 7.22. The van der Waals surface area contributed by atoms with Crippen LogP contribution >= 0.6 is 0 Å². The van der Waals surface area contributed by atoms with E-state index in [2.05, 4.69) is 5.32 Å². The molecule has 0 saturated carbocycles. The van der Waals surface area contributed by atoms with E-state index in [4.69, 9.17) is 4.74 Å². The zero-order chi connectivity index (χ0) is 16.8. The molecular formula is C17H16N2O4. The number of aryl methyl sites for hydroxylation is 1. The fraction of sp³-hybridized carbons (Fsp3) is 0.118. The molecule has 0 aliphatic carbocycles. The Bertz CT molecular complexity index is 769. The molecule has 0 aliphatic heterocycles. The normalized spacial score (nSPS) is 10.5. The molecule has 2 aromatic carbocycles. The highest BCUT2D eigenvalue weighted by molar-refractivity contribution is 6.03. The standard InChI is InChI=1S/C17H16N2O4/c1-12-7-9-16(23-2)14(11-12)18-17(20)10-8-13-5-3-4-6-15(13)19(21)22/h3-11H,1-2H3,(H,18,20)/b10-8+. The molecule has 0 aliphatic rings. The van der Waals surface area contributed by atoms with Gasteiger partial charge in [-0.1, -0.05) is 18.2 Å². The molecule has 0 unspecified atom stereocenters. The average Bonchev–Trinajstić information content (AvgIpc) is 2.53. The summed E-state index contributed by atoms with van der Waals surface area (Å²) < 4.78 is 5.19. The van der Waals surface area contributed by atoms with E-state index in [0.29, 0.717) is 17.0 Å². The number of rotatable bonds is 5. The minimum absolute atomic E-state index is 0.0512. The summed E-state index contributed by atoms with van der Waals surface area (Å²) in [4.78, 5) is 22.5. The first-order valence-electron chi connectivity index (χ1n) is 6.88. The summed E-state index contributed by atoms with van der Waals surface area (Å²) >= 11 is 0. The van der Waals surface area contributed by atoms with Crippen LogP contribution in [0.2, 0.25) is 0 Å². The number of nitro groups is 1. The van der Waals surface area contributed by atoms with E-state index in [9.17, 15) is 14.9 Å². The molecule has 0 saturated heterocycles. The number of methoxy groups -OCH3 is 1. The third kappa shape index (κ3) is 4.16. The monoisotopic (exact) mass is 312 g/mol. The van der Waals surface area contributed by atoms with E-state index < -0.39 is 10.8 Å². The maximum Gasteiger partial charge on any atom is 0.276 e. The molecule has 23 heavy (non-hydrogen) atoms. The Morgan fingerprint density at radius 3 is 2.70 bits per heavy atom. The molecular weight excluding hydrogens is 296 g/mol. The molecule has 0 spiro atoms. The van der Waals surface area contributed by atoms with Gasteiger partial charge in [-0.05, 0) is 36.8 Å². The summed E-state index contributed by atoms with van der Waals surface area (Å²) in [5.41, 5.74) is 1.84. The quantitative estimate of drug-likeness (QED) is 0.520. The summed E-state index contributed by atoms with van der Waals surface area (Å²) in [5, 5.41) is 13.6. The van der Waals surface area contributed by atoms with Gasteiger partial charge >= 0.3 is 0 Å². The second-order valence-electron chi connectivity index (χ2n) is 4.84. The van der Waals surface area contributed by atoms with E-state index in [1.807, 2.05) is 13.0 Å².